The van der Waals surface area contributed by atoms with Crippen molar-refractivity contribution >= 4 is 113 Å². The highest BCUT2D eigenvalue weighted by Crippen LogP contribution is 2.45. The van der Waals surface area contributed by atoms with Crippen molar-refractivity contribution in [2.75, 3.05) is 0 Å². The first-order chi connectivity index (χ1) is 64.0. The Kier molecular flexibility index (Phi) is 26.3. The topological polar surface area (TPSA) is 218 Å². The second-order valence-electron chi connectivity index (χ2n) is 30.2. The molecule has 21 aromatic rings. The van der Waals surface area contributed by atoms with Crippen LogP contribution in [0.25, 0.3) is 168 Å². The molecule has 10 aromatic heterocycles. The maximum absolute atomic E-state index is 13.2. The summed E-state index contributed by atoms with van der Waals surface area (Å²) in [4.78, 5) is 0. The van der Waals surface area contributed by atoms with Crippen molar-refractivity contribution in [1.29, 1.82) is 0 Å². The minimum absolute atomic E-state index is 0.181. The molecule has 30 heteroatoms. The van der Waals surface area contributed by atoms with Gasteiger partial charge in [0.25, 0.3) is 0 Å². The number of rotatable bonds is 12. The summed E-state index contributed by atoms with van der Waals surface area (Å²) in [6.07, 6.45) is -3.64. The van der Waals surface area contributed by atoms with E-state index in [2.05, 4.69) is 114 Å². The second kappa shape index (κ2) is 39.0. The molecule has 21 rings (SSSR count). The summed E-state index contributed by atoms with van der Waals surface area (Å²) in [6, 6.07) is 92.1. The lowest BCUT2D eigenvalue weighted by Gasteiger charge is -2.09. The zero-order chi connectivity index (χ0) is 91.8. The first-order valence-electron chi connectivity index (χ1n) is 41.2. The van der Waals surface area contributed by atoms with Crippen LogP contribution in [0.4, 0.5) is 22.0 Å². The molecule has 20 nitrogen and oxygen atoms in total. The summed E-state index contributed by atoms with van der Waals surface area (Å²) >= 11 is 33.6. The highest BCUT2D eigenvalue weighted by atomic mass is 35.5. The summed E-state index contributed by atoms with van der Waals surface area (Å²) in [5.74, 6) is 5.59. The zero-order valence-electron chi connectivity index (χ0n) is 71.0. The van der Waals surface area contributed by atoms with Gasteiger partial charge in [0.2, 0.25) is 0 Å². The van der Waals surface area contributed by atoms with Crippen molar-refractivity contribution < 1.29 is 22.0 Å². The number of aromatic nitrogens is 20. The molecule has 0 aliphatic carbocycles. The van der Waals surface area contributed by atoms with Gasteiger partial charge in [0, 0.05) is 95.8 Å². The van der Waals surface area contributed by atoms with E-state index in [0.29, 0.717) is 111 Å². The smallest absolute Gasteiger partial charge is 0.248 e. The van der Waals surface area contributed by atoms with Crippen molar-refractivity contribution in [3.63, 3.8) is 0 Å². The Balaban J connectivity index is 0.000000115. The maximum atomic E-state index is 13.2. The van der Waals surface area contributed by atoms with E-state index < -0.39 is 11.7 Å². The Morgan fingerprint density at radius 1 is 0.288 bits per heavy atom. The molecule has 0 radical (unpaired) electrons. The second-order valence-corrected chi connectivity index (χ2v) is 32.1. The van der Waals surface area contributed by atoms with Crippen LogP contribution in [0, 0.1) is 30.4 Å². The van der Waals surface area contributed by atoms with Crippen molar-refractivity contribution in [3.8, 4) is 124 Å². The van der Waals surface area contributed by atoms with Crippen molar-refractivity contribution in [2.45, 2.75) is 33.0 Å². The number of benzene rings is 11. The van der Waals surface area contributed by atoms with Crippen LogP contribution < -0.4 is 0 Å². The van der Waals surface area contributed by atoms with E-state index in [4.69, 9.17) is 63.1 Å². The fourth-order valence-corrected chi connectivity index (χ4v) is 16.6. The van der Waals surface area contributed by atoms with Crippen molar-refractivity contribution in [2.24, 2.45) is 28.2 Å². The van der Waals surface area contributed by atoms with Crippen LogP contribution in [0.3, 0.4) is 0 Å². The van der Waals surface area contributed by atoms with E-state index in [0.717, 1.165) is 102 Å². The molecule has 0 aliphatic heterocycles. The third kappa shape index (κ3) is 18.7. The number of hydrogen-bond acceptors (Lipinski definition) is 15. The highest BCUT2D eigenvalue weighted by Gasteiger charge is 2.32. The number of nitrogens with zero attached hydrogens (tertiary/aromatic N) is 20. The lowest BCUT2D eigenvalue weighted by Crippen LogP contribution is -2.05. The molecule has 0 unspecified atom stereocenters. The van der Waals surface area contributed by atoms with E-state index in [-0.39, 0.29) is 27.9 Å². The molecule has 0 bridgehead atoms. The average molecular weight is 1850 g/mol. The largest absolute Gasteiger partial charge is 0.416 e. The van der Waals surface area contributed by atoms with Crippen LogP contribution in [0.2, 0.25) is 25.1 Å². The molecular formula is C102H72Cl5F5N20. The van der Waals surface area contributed by atoms with Gasteiger partial charge < -0.3 is 0 Å². The van der Waals surface area contributed by atoms with Gasteiger partial charge in [0.1, 0.15) is 68.6 Å². The fraction of sp³-hybridized carbons (Fsp3) is 0.0882. The van der Waals surface area contributed by atoms with Crippen LogP contribution in [-0.4, -0.2) is 99.9 Å². The molecular weight excluding hydrogens is 1780 g/mol. The van der Waals surface area contributed by atoms with Gasteiger partial charge >= 0.3 is 6.18 Å². The van der Waals surface area contributed by atoms with E-state index in [1.54, 1.807) is 57.1 Å². The Labute approximate surface area is 777 Å². The lowest BCUT2D eigenvalue weighted by atomic mass is 10.0. The Morgan fingerprint density at radius 2 is 0.568 bits per heavy atom. The summed E-state index contributed by atoms with van der Waals surface area (Å²) < 4.78 is 73.9. The third-order valence-corrected chi connectivity index (χ3v) is 23.1. The molecule has 0 fully saturated rings. The molecule has 0 saturated carbocycles. The predicted octanol–water partition coefficient (Wildman–Crippen LogP) is 25.6. The van der Waals surface area contributed by atoms with Gasteiger partial charge in [-0.15, -0.1) is 51.0 Å². The SMILES string of the molecule is CCC#Cc1cccc(-c2nn(C)c3nnc(-c4ccccc4)c(Cl)c23)c1.Cc1cccc(-c2nn(C)c3nnc(-c4ccccc4)c(Cl)c23)c1.Clc1c(-c2ccccc2)nnc2c1c(-c1ccccc1)nn2Cc1ccccc1.Cn1nc(-c2ccc(F)cc2)c2c(Cl)c(-c3ccc(F)cc3)nnc21.Cn1nc(-c2ccccc2)c2c(Cl)c(-c3cccc(C(F)(F)F)c3)nnc21. The summed E-state index contributed by atoms with van der Waals surface area (Å²) in [5, 5.41) is 71.9. The summed E-state index contributed by atoms with van der Waals surface area (Å²) in [5.41, 5.74) is 19.9. The third-order valence-electron chi connectivity index (χ3n) is 21.3. The molecule has 0 atom stereocenters. The van der Waals surface area contributed by atoms with Gasteiger partial charge in [-0.1, -0.05) is 307 Å². The summed E-state index contributed by atoms with van der Waals surface area (Å²) in [7, 11) is 7.15. The quantitative estimate of drug-likeness (QED) is 0.0820. The number of halogens is 10. The van der Waals surface area contributed by atoms with Crippen molar-refractivity contribution in [1.82, 2.24) is 99.9 Å². The monoisotopic (exact) mass is 1850 g/mol. The van der Waals surface area contributed by atoms with E-state index in [9.17, 15) is 22.0 Å². The first kappa shape index (κ1) is 88.8. The van der Waals surface area contributed by atoms with E-state index in [1.165, 1.54) is 42.0 Å². The Bertz CT molecular complexity index is 7850. The standard InChI is InChI=1S/C24H17ClN4.C22H17ClN4.C19H12ClF3N4.C19H15ClN4.C18H11ClF2N4/c25-21-20-22(18-12-6-2-7-13-18)28-29(16-17-10-4-1-5-11-17)24(20)27-26-23(21)19-14-8-3-9-15-19;1-3-4-9-15-10-8-13-17(14-15)20-18-19(23)21(16-11-6-5-7-12-16)24-25-22(18)27(2)26-20;1-27-18-14(16(26-27)11-6-3-2-4-7-11)15(20)17(24-25-18)12-8-5-9-13(10-12)19(21,22)23;1-12-7-6-10-14(11-12)17-15-16(20)18(13-8-4-3-5-9-13)21-22-19(15)24(2)23-17;1-25-18-14(16(24-25)10-2-6-12(20)7-3-10)15(19)17(22-23-18)11-4-8-13(21)9-5-11/h1-15H,16H2;5-8,10-14H,3H2,1-2H3;2-10H,1H3;3-11H,1-2H3;2-9H,1H3. The molecule has 650 valence electrons. The molecule has 132 heavy (non-hydrogen) atoms. The maximum Gasteiger partial charge on any atom is 0.416 e. The highest BCUT2D eigenvalue weighted by molar-refractivity contribution is 6.41. The molecule has 0 spiro atoms. The average Bonchev–Trinajstić information content (AvgIpc) is 1.63. The Morgan fingerprint density at radius 3 is 0.932 bits per heavy atom. The normalized spacial score (nSPS) is 11.2. The van der Waals surface area contributed by atoms with Gasteiger partial charge in [-0.25, -0.2) is 32.2 Å². The van der Waals surface area contributed by atoms with Gasteiger partial charge in [-0.3, -0.25) is 0 Å². The number of hydrogen-bond donors (Lipinski definition) is 0. The fourth-order valence-electron chi connectivity index (χ4n) is 14.9. The van der Waals surface area contributed by atoms with Crippen LogP contribution in [0.5, 0.6) is 0 Å². The number of alkyl halides is 3. The molecule has 0 aliphatic rings. The predicted molar refractivity (Wildman–Crippen MR) is 512 cm³/mol. The van der Waals surface area contributed by atoms with Crippen LogP contribution >= 0.6 is 58.0 Å². The van der Waals surface area contributed by atoms with Crippen LogP contribution in [-0.2, 0) is 40.9 Å². The van der Waals surface area contributed by atoms with Gasteiger partial charge in [0.15, 0.2) is 28.2 Å². The Hall–Kier alpha value is -15.2. The van der Waals surface area contributed by atoms with Gasteiger partial charge in [-0.2, -0.15) is 38.7 Å². The molecule has 10 heterocycles. The minimum atomic E-state index is -4.45. The molecule has 0 N–H and O–H groups in total. The molecule has 0 amide bonds. The van der Waals surface area contributed by atoms with Crippen LogP contribution in [0.15, 0.2) is 303 Å². The minimum Gasteiger partial charge on any atom is -0.248 e. The van der Waals surface area contributed by atoms with Gasteiger partial charge in [0.05, 0.1) is 64.2 Å². The zero-order valence-corrected chi connectivity index (χ0v) is 74.8. The number of aryl methyl sites for hydroxylation is 5. The molecule has 0 saturated heterocycles. The van der Waals surface area contributed by atoms with Crippen molar-refractivity contribution in [3.05, 3.63) is 362 Å². The molecule has 11 aromatic carbocycles. The first-order valence-corrected chi connectivity index (χ1v) is 43.1. The number of fused-ring (bicyclic) bond motifs is 5. The summed E-state index contributed by atoms with van der Waals surface area (Å²) in [6.45, 7) is 4.69. The lowest BCUT2D eigenvalue weighted by molar-refractivity contribution is -0.137. The van der Waals surface area contributed by atoms with E-state index >= 15 is 0 Å². The van der Waals surface area contributed by atoms with Crippen LogP contribution in [0.1, 0.15) is 35.6 Å². The van der Waals surface area contributed by atoms with Gasteiger partial charge in [-0.05, 0) is 91.3 Å². The van der Waals surface area contributed by atoms with E-state index in [1.807, 2.05) is 232 Å².